The van der Waals surface area contributed by atoms with Crippen molar-refractivity contribution in [3.63, 3.8) is 0 Å². The Hall–Kier alpha value is -1.64. The lowest BCUT2D eigenvalue weighted by Gasteiger charge is -2.14. The van der Waals surface area contributed by atoms with E-state index in [9.17, 15) is 0 Å². The molecule has 2 aromatic rings. The zero-order valence-electron chi connectivity index (χ0n) is 11.2. The second kappa shape index (κ2) is 5.55. The van der Waals surface area contributed by atoms with Gasteiger partial charge in [-0.1, -0.05) is 48.5 Å². The van der Waals surface area contributed by atoms with Crippen LogP contribution >= 0.6 is 0 Å². The SMILES string of the molecule is CNCCCOC1c2ccccc2-c2ccccc21. The van der Waals surface area contributed by atoms with Crippen molar-refractivity contribution in [1.29, 1.82) is 0 Å². The fourth-order valence-electron chi connectivity index (χ4n) is 2.74. The molecule has 0 unspecified atom stereocenters. The maximum absolute atomic E-state index is 6.12. The predicted octanol–water partition coefficient (Wildman–Crippen LogP) is 3.38. The van der Waals surface area contributed by atoms with Crippen molar-refractivity contribution in [2.75, 3.05) is 20.2 Å². The first-order valence-electron chi connectivity index (χ1n) is 6.86. The lowest BCUT2D eigenvalue weighted by molar-refractivity contribution is 0.0814. The molecule has 2 nitrogen and oxygen atoms in total. The Kier molecular flexibility index (Phi) is 3.62. The molecule has 3 rings (SSSR count). The standard InChI is InChI=1S/C17H19NO/c1-18-11-6-12-19-17-15-9-4-2-7-13(15)14-8-3-5-10-16(14)17/h2-5,7-10,17-18H,6,11-12H2,1H3. The normalized spacial score (nSPS) is 13.3. The molecule has 1 aliphatic rings. The molecule has 98 valence electrons. The Balaban J connectivity index is 1.87. The van der Waals surface area contributed by atoms with Crippen LogP contribution in [0.1, 0.15) is 23.7 Å². The van der Waals surface area contributed by atoms with Gasteiger partial charge in [0.15, 0.2) is 0 Å². The summed E-state index contributed by atoms with van der Waals surface area (Å²) in [7, 11) is 1.97. The Morgan fingerprint density at radius 2 is 1.53 bits per heavy atom. The van der Waals surface area contributed by atoms with Crippen molar-refractivity contribution in [2.45, 2.75) is 12.5 Å². The summed E-state index contributed by atoms with van der Waals surface area (Å²) in [5, 5.41) is 3.15. The average Bonchev–Trinajstić information content (AvgIpc) is 2.78. The van der Waals surface area contributed by atoms with Crippen molar-refractivity contribution in [2.24, 2.45) is 0 Å². The average molecular weight is 253 g/mol. The summed E-state index contributed by atoms with van der Waals surface area (Å²) in [4.78, 5) is 0. The number of benzene rings is 2. The number of nitrogens with one attached hydrogen (secondary N) is 1. The molecule has 0 heterocycles. The van der Waals surface area contributed by atoms with Gasteiger partial charge in [0.25, 0.3) is 0 Å². The largest absolute Gasteiger partial charge is 0.369 e. The van der Waals surface area contributed by atoms with Gasteiger partial charge in [-0.05, 0) is 42.3 Å². The first kappa shape index (κ1) is 12.4. The first-order valence-corrected chi connectivity index (χ1v) is 6.86. The van der Waals surface area contributed by atoms with Crippen LogP contribution in [0.5, 0.6) is 0 Å². The fourth-order valence-corrected chi connectivity index (χ4v) is 2.74. The van der Waals surface area contributed by atoms with Crippen LogP contribution in [0, 0.1) is 0 Å². The van der Waals surface area contributed by atoms with Crippen LogP contribution in [-0.4, -0.2) is 20.2 Å². The molecule has 0 radical (unpaired) electrons. The van der Waals surface area contributed by atoms with Gasteiger partial charge in [0, 0.05) is 6.61 Å². The molecular formula is C17H19NO. The molecule has 0 fully saturated rings. The summed E-state index contributed by atoms with van der Waals surface area (Å²) in [6, 6.07) is 17.1. The van der Waals surface area contributed by atoms with Crippen LogP contribution in [0.25, 0.3) is 11.1 Å². The number of hydrogen-bond acceptors (Lipinski definition) is 2. The highest BCUT2D eigenvalue weighted by molar-refractivity contribution is 5.77. The molecule has 1 N–H and O–H groups in total. The summed E-state index contributed by atoms with van der Waals surface area (Å²) in [6.07, 6.45) is 1.14. The van der Waals surface area contributed by atoms with Crippen LogP contribution < -0.4 is 5.32 Å². The van der Waals surface area contributed by atoms with E-state index in [1.807, 2.05) is 7.05 Å². The first-order chi connectivity index (χ1) is 9.42. The Morgan fingerprint density at radius 3 is 2.11 bits per heavy atom. The van der Waals surface area contributed by atoms with E-state index in [1.54, 1.807) is 0 Å². The molecule has 19 heavy (non-hydrogen) atoms. The molecule has 1 aliphatic carbocycles. The van der Waals surface area contributed by atoms with Gasteiger partial charge in [0.05, 0.1) is 0 Å². The summed E-state index contributed by atoms with van der Waals surface area (Å²) < 4.78 is 6.12. The van der Waals surface area contributed by atoms with Crippen LogP contribution in [0.4, 0.5) is 0 Å². The number of hydrogen-bond donors (Lipinski definition) is 1. The van der Waals surface area contributed by atoms with Gasteiger partial charge >= 0.3 is 0 Å². The van der Waals surface area contributed by atoms with Crippen LogP contribution in [-0.2, 0) is 4.74 Å². The van der Waals surface area contributed by atoms with Crippen molar-refractivity contribution in [3.8, 4) is 11.1 Å². The Morgan fingerprint density at radius 1 is 0.947 bits per heavy atom. The highest BCUT2D eigenvalue weighted by atomic mass is 16.5. The predicted molar refractivity (Wildman–Crippen MR) is 78.2 cm³/mol. The molecule has 2 heteroatoms. The quantitative estimate of drug-likeness (QED) is 0.825. The van der Waals surface area contributed by atoms with Crippen molar-refractivity contribution in [3.05, 3.63) is 59.7 Å². The number of ether oxygens (including phenoxy) is 1. The van der Waals surface area contributed by atoms with Gasteiger partial charge in [0.2, 0.25) is 0 Å². The number of fused-ring (bicyclic) bond motifs is 3. The molecule has 0 aliphatic heterocycles. The third kappa shape index (κ3) is 2.29. The van der Waals surface area contributed by atoms with Gasteiger partial charge in [-0.25, -0.2) is 0 Å². The molecular weight excluding hydrogens is 234 g/mol. The molecule has 0 saturated carbocycles. The van der Waals surface area contributed by atoms with E-state index in [1.165, 1.54) is 22.3 Å². The summed E-state index contributed by atoms with van der Waals surface area (Å²) in [5.74, 6) is 0. The summed E-state index contributed by atoms with van der Waals surface area (Å²) in [5.41, 5.74) is 5.23. The van der Waals surface area contributed by atoms with Crippen molar-refractivity contribution < 1.29 is 4.74 Å². The smallest absolute Gasteiger partial charge is 0.109 e. The fraction of sp³-hybridized carbons (Fsp3) is 0.294. The molecule has 0 aromatic heterocycles. The minimum atomic E-state index is 0.101. The van der Waals surface area contributed by atoms with Gasteiger partial charge in [-0.2, -0.15) is 0 Å². The second-order valence-corrected chi connectivity index (χ2v) is 4.88. The van der Waals surface area contributed by atoms with Crippen molar-refractivity contribution >= 4 is 0 Å². The third-order valence-corrected chi connectivity index (χ3v) is 3.63. The van der Waals surface area contributed by atoms with Crippen LogP contribution in [0.15, 0.2) is 48.5 Å². The molecule has 0 bridgehead atoms. The van der Waals surface area contributed by atoms with Crippen molar-refractivity contribution in [1.82, 2.24) is 5.32 Å². The second-order valence-electron chi connectivity index (χ2n) is 4.88. The minimum absolute atomic E-state index is 0.101. The van der Waals surface area contributed by atoms with Gasteiger partial charge in [-0.3, -0.25) is 0 Å². The van der Waals surface area contributed by atoms with Gasteiger partial charge < -0.3 is 10.1 Å². The highest BCUT2D eigenvalue weighted by Gasteiger charge is 2.28. The van der Waals surface area contributed by atoms with E-state index in [2.05, 4.69) is 53.8 Å². The topological polar surface area (TPSA) is 21.3 Å². The molecule has 2 aromatic carbocycles. The molecule has 0 spiro atoms. The van der Waals surface area contributed by atoms with Crippen LogP contribution in [0.2, 0.25) is 0 Å². The summed E-state index contributed by atoms with van der Waals surface area (Å²) in [6.45, 7) is 1.78. The minimum Gasteiger partial charge on any atom is -0.369 e. The van der Waals surface area contributed by atoms with E-state index >= 15 is 0 Å². The van der Waals surface area contributed by atoms with E-state index in [4.69, 9.17) is 4.74 Å². The number of rotatable bonds is 5. The van der Waals surface area contributed by atoms with Gasteiger partial charge in [-0.15, -0.1) is 0 Å². The van der Waals surface area contributed by atoms with E-state index in [0.717, 1.165) is 19.6 Å². The maximum Gasteiger partial charge on any atom is 0.109 e. The monoisotopic (exact) mass is 253 g/mol. The molecule has 0 atom stereocenters. The Labute approximate surface area is 114 Å². The highest BCUT2D eigenvalue weighted by Crippen LogP contribution is 2.44. The third-order valence-electron chi connectivity index (χ3n) is 3.63. The van der Waals surface area contributed by atoms with Crippen LogP contribution in [0.3, 0.4) is 0 Å². The lowest BCUT2D eigenvalue weighted by atomic mass is 10.1. The molecule has 0 saturated heterocycles. The lowest BCUT2D eigenvalue weighted by Crippen LogP contribution is -2.12. The summed E-state index contributed by atoms with van der Waals surface area (Å²) >= 11 is 0. The maximum atomic E-state index is 6.12. The van der Waals surface area contributed by atoms with E-state index in [0.29, 0.717) is 0 Å². The Bertz CT molecular complexity index is 519. The van der Waals surface area contributed by atoms with E-state index in [-0.39, 0.29) is 6.10 Å². The van der Waals surface area contributed by atoms with E-state index < -0.39 is 0 Å². The molecule has 0 amide bonds. The zero-order valence-corrected chi connectivity index (χ0v) is 11.2. The van der Waals surface area contributed by atoms with Gasteiger partial charge in [0.1, 0.15) is 6.10 Å². The zero-order chi connectivity index (χ0) is 13.1.